The molecule has 0 radical (unpaired) electrons. The number of hydrogen-bond acceptors (Lipinski definition) is 4. The van der Waals surface area contributed by atoms with Crippen LogP contribution >= 0.6 is 34.5 Å². The fraction of sp³-hybridized carbons (Fsp3) is 0. The lowest BCUT2D eigenvalue weighted by Crippen LogP contribution is -1.87. The first-order valence-electron chi connectivity index (χ1n) is 6.21. The summed E-state index contributed by atoms with van der Waals surface area (Å²) in [6.07, 6.45) is 1.67. The van der Waals surface area contributed by atoms with Gasteiger partial charge < -0.3 is 0 Å². The molecule has 0 aliphatic rings. The van der Waals surface area contributed by atoms with E-state index < -0.39 is 4.92 Å². The van der Waals surface area contributed by atoms with Gasteiger partial charge in [0.25, 0.3) is 5.69 Å². The molecule has 3 aromatic rings. The molecular weight excluding hydrogens is 343 g/mol. The smallest absolute Gasteiger partial charge is 0.258 e. The quantitative estimate of drug-likeness (QED) is 0.450. The highest BCUT2D eigenvalue weighted by atomic mass is 35.5. The molecule has 2 aromatic carbocycles. The molecule has 0 bridgehead atoms. The van der Waals surface area contributed by atoms with Crippen molar-refractivity contribution in [3.8, 4) is 21.0 Å². The molecule has 1 aromatic heterocycles. The van der Waals surface area contributed by atoms with Gasteiger partial charge in [-0.25, -0.2) is 4.98 Å². The van der Waals surface area contributed by atoms with Gasteiger partial charge in [0.05, 0.1) is 19.8 Å². The number of nitro benzene ring substituents is 1. The van der Waals surface area contributed by atoms with E-state index in [1.165, 1.54) is 23.5 Å². The summed E-state index contributed by atoms with van der Waals surface area (Å²) in [5.41, 5.74) is 1.46. The minimum Gasteiger partial charge on any atom is -0.258 e. The zero-order valence-corrected chi connectivity index (χ0v) is 13.3. The fourth-order valence-electron chi connectivity index (χ4n) is 2.00. The van der Waals surface area contributed by atoms with Crippen LogP contribution < -0.4 is 0 Å². The Kier molecular flexibility index (Phi) is 4.11. The maximum Gasteiger partial charge on any atom is 0.270 e. The summed E-state index contributed by atoms with van der Waals surface area (Å²) in [6.45, 7) is 0. The van der Waals surface area contributed by atoms with Gasteiger partial charge in [0.1, 0.15) is 5.01 Å². The summed E-state index contributed by atoms with van der Waals surface area (Å²) in [5.74, 6) is 0. The van der Waals surface area contributed by atoms with Crippen molar-refractivity contribution in [2.24, 2.45) is 0 Å². The minimum atomic E-state index is -0.420. The summed E-state index contributed by atoms with van der Waals surface area (Å²) >= 11 is 13.7. The third kappa shape index (κ3) is 2.83. The van der Waals surface area contributed by atoms with Crippen molar-refractivity contribution in [1.29, 1.82) is 0 Å². The maximum absolute atomic E-state index is 10.9. The highest BCUT2D eigenvalue weighted by Gasteiger charge is 2.14. The van der Waals surface area contributed by atoms with Crippen LogP contribution in [0.4, 0.5) is 5.69 Å². The van der Waals surface area contributed by atoms with E-state index in [-0.39, 0.29) is 5.69 Å². The van der Waals surface area contributed by atoms with Crippen LogP contribution in [-0.2, 0) is 0 Å². The number of nitrogens with zero attached hydrogens (tertiary/aromatic N) is 2. The van der Waals surface area contributed by atoms with Gasteiger partial charge in [0.15, 0.2) is 0 Å². The molecule has 0 fully saturated rings. The van der Waals surface area contributed by atoms with Crippen molar-refractivity contribution in [2.45, 2.75) is 0 Å². The van der Waals surface area contributed by atoms with Crippen LogP contribution in [0.2, 0.25) is 10.0 Å². The summed E-state index contributed by atoms with van der Waals surface area (Å²) in [5, 5.41) is 12.6. The van der Waals surface area contributed by atoms with Crippen LogP contribution in [0.1, 0.15) is 0 Å². The van der Waals surface area contributed by atoms with Crippen molar-refractivity contribution in [1.82, 2.24) is 4.98 Å². The van der Waals surface area contributed by atoms with Crippen LogP contribution in [0.3, 0.4) is 0 Å². The first kappa shape index (κ1) is 15.0. The van der Waals surface area contributed by atoms with E-state index >= 15 is 0 Å². The standard InChI is InChI=1S/C15H8Cl2N2O2S/c16-11-5-2-6-12(17)14(11)15-18-8-13(22-15)9-3-1-4-10(7-9)19(20)21/h1-8H. The van der Waals surface area contributed by atoms with Crippen LogP contribution in [0, 0.1) is 10.1 Å². The summed E-state index contributed by atoms with van der Waals surface area (Å²) in [6, 6.07) is 11.7. The summed E-state index contributed by atoms with van der Waals surface area (Å²) < 4.78 is 0. The predicted molar refractivity (Wildman–Crippen MR) is 89.7 cm³/mol. The van der Waals surface area contributed by atoms with Crippen LogP contribution in [0.15, 0.2) is 48.7 Å². The molecule has 3 rings (SSSR count). The largest absolute Gasteiger partial charge is 0.270 e. The van der Waals surface area contributed by atoms with E-state index in [0.717, 1.165) is 10.4 Å². The average molecular weight is 351 g/mol. The van der Waals surface area contributed by atoms with Crippen LogP contribution in [0.5, 0.6) is 0 Å². The second kappa shape index (κ2) is 6.04. The molecule has 0 atom stereocenters. The van der Waals surface area contributed by atoms with E-state index in [4.69, 9.17) is 23.2 Å². The van der Waals surface area contributed by atoms with E-state index in [1.807, 2.05) is 0 Å². The molecule has 0 N–H and O–H groups in total. The Bertz CT molecular complexity index is 844. The van der Waals surface area contributed by atoms with Crippen molar-refractivity contribution in [2.75, 3.05) is 0 Å². The lowest BCUT2D eigenvalue weighted by molar-refractivity contribution is -0.384. The van der Waals surface area contributed by atoms with Gasteiger partial charge in [-0.2, -0.15) is 0 Å². The number of non-ortho nitro benzene ring substituents is 1. The van der Waals surface area contributed by atoms with Gasteiger partial charge in [-0.05, 0) is 12.1 Å². The fourth-order valence-corrected chi connectivity index (χ4v) is 3.67. The molecular formula is C15H8Cl2N2O2S. The molecule has 0 spiro atoms. The van der Waals surface area contributed by atoms with Gasteiger partial charge in [0, 0.05) is 29.5 Å². The second-order valence-electron chi connectivity index (χ2n) is 4.43. The summed E-state index contributed by atoms with van der Waals surface area (Å²) in [7, 11) is 0. The topological polar surface area (TPSA) is 56.0 Å². The molecule has 0 saturated heterocycles. The number of nitro groups is 1. The summed E-state index contributed by atoms with van der Waals surface area (Å²) in [4.78, 5) is 15.6. The molecule has 4 nitrogen and oxygen atoms in total. The second-order valence-corrected chi connectivity index (χ2v) is 6.28. The lowest BCUT2D eigenvalue weighted by Gasteiger charge is -2.02. The zero-order valence-electron chi connectivity index (χ0n) is 11.0. The Hall–Kier alpha value is -1.95. The number of rotatable bonds is 3. The monoisotopic (exact) mass is 350 g/mol. The van der Waals surface area contributed by atoms with E-state index in [9.17, 15) is 10.1 Å². The third-order valence-electron chi connectivity index (χ3n) is 3.02. The van der Waals surface area contributed by atoms with Gasteiger partial charge in [-0.3, -0.25) is 10.1 Å². The minimum absolute atomic E-state index is 0.0447. The first-order chi connectivity index (χ1) is 10.6. The molecule has 0 saturated carbocycles. The van der Waals surface area contributed by atoms with Gasteiger partial charge in [-0.15, -0.1) is 11.3 Å². The van der Waals surface area contributed by atoms with Crippen molar-refractivity contribution in [3.63, 3.8) is 0 Å². The van der Waals surface area contributed by atoms with Crippen molar-refractivity contribution in [3.05, 3.63) is 68.8 Å². The maximum atomic E-state index is 10.9. The Balaban J connectivity index is 2.05. The molecule has 7 heteroatoms. The lowest BCUT2D eigenvalue weighted by atomic mass is 10.2. The third-order valence-corrected chi connectivity index (χ3v) is 4.72. The van der Waals surface area contributed by atoms with E-state index in [1.54, 1.807) is 36.5 Å². The predicted octanol–water partition coefficient (Wildman–Crippen LogP) is 5.69. The van der Waals surface area contributed by atoms with Crippen molar-refractivity contribution >= 4 is 40.2 Å². The number of aromatic nitrogens is 1. The Morgan fingerprint density at radius 3 is 2.45 bits per heavy atom. The molecule has 0 amide bonds. The van der Waals surface area contributed by atoms with E-state index in [2.05, 4.69) is 4.98 Å². The zero-order chi connectivity index (χ0) is 15.7. The molecule has 0 aliphatic heterocycles. The highest BCUT2D eigenvalue weighted by Crippen LogP contribution is 2.39. The number of halogens is 2. The molecule has 22 heavy (non-hydrogen) atoms. The number of benzene rings is 2. The van der Waals surface area contributed by atoms with Crippen LogP contribution in [0.25, 0.3) is 21.0 Å². The van der Waals surface area contributed by atoms with Gasteiger partial charge >= 0.3 is 0 Å². The van der Waals surface area contributed by atoms with Crippen molar-refractivity contribution < 1.29 is 4.92 Å². The average Bonchev–Trinajstić information content (AvgIpc) is 2.97. The number of thiazole rings is 1. The molecule has 110 valence electrons. The Labute approximate surface area is 140 Å². The molecule has 1 heterocycles. The van der Waals surface area contributed by atoms with Gasteiger partial charge in [-0.1, -0.05) is 41.4 Å². The molecule has 0 unspecified atom stereocenters. The number of hydrogen-bond donors (Lipinski definition) is 0. The molecule has 0 aliphatic carbocycles. The normalized spacial score (nSPS) is 10.6. The Morgan fingerprint density at radius 1 is 1.09 bits per heavy atom. The SMILES string of the molecule is O=[N+]([O-])c1cccc(-c2cnc(-c3c(Cl)cccc3Cl)s2)c1. The van der Waals surface area contributed by atoms with E-state index in [0.29, 0.717) is 20.6 Å². The van der Waals surface area contributed by atoms with Gasteiger partial charge in [0.2, 0.25) is 0 Å². The first-order valence-corrected chi connectivity index (χ1v) is 7.78. The highest BCUT2D eigenvalue weighted by molar-refractivity contribution is 7.18. The van der Waals surface area contributed by atoms with Crippen LogP contribution in [-0.4, -0.2) is 9.91 Å². The Morgan fingerprint density at radius 2 is 1.77 bits per heavy atom.